The van der Waals surface area contributed by atoms with Crippen LogP contribution in [0.2, 0.25) is 0 Å². The van der Waals surface area contributed by atoms with E-state index in [9.17, 15) is 9.59 Å². The number of nitrogens with one attached hydrogen (secondary N) is 1. The lowest BCUT2D eigenvalue weighted by atomic mass is 9.80. The van der Waals surface area contributed by atoms with Crippen molar-refractivity contribution in [2.24, 2.45) is 5.92 Å². The van der Waals surface area contributed by atoms with E-state index in [0.717, 1.165) is 25.7 Å². The predicted octanol–water partition coefficient (Wildman–Crippen LogP) is 2.27. The highest BCUT2D eigenvalue weighted by molar-refractivity contribution is 5.72. The number of hydrogen-bond acceptors (Lipinski definition) is 4. The van der Waals surface area contributed by atoms with Crippen molar-refractivity contribution in [3.63, 3.8) is 0 Å². The number of hydrogen-bond donors (Lipinski definition) is 1. The van der Waals surface area contributed by atoms with Crippen LogP contribution in [0.1, 0.15) is 46.5 Å². The molecular formula is C15H24N2O4. The SMILES string of the molecule is CC(C)(C)OC(=O)N1C[C@H]2C[C@H]1[C@H]2NC(=O)OC1CCC1. The second-order valence-corrected chi connectivity index (χ2v) is 7.32. The lowest BCUT2D eigenvalue weighted by Crippen LogP contribution is -2.56. The van der Waals surface area contributed by atoms with Crippen molar-refractivity contribution < 1.29 is 19.1 Å². The third kappa shape index (κ3) is 2.94. The molecule has 6 nitrogen and oxygen atoms in total. The molecule has 2 saturated carbocycles. The summed E-state index contributed by atoms with van der Waals surface area (Å²) < 4.78 is 10.7. The number of carbonyl (C=O) groups is 2. The summed E-state index contributed by atoms with van der Waals surface area (Å²) >= 11 is 0. The van der Waals surface area contributed by atoms with Gasteiger partial charge in [-0.2, -0.15) is 0 Å². The average Bonchev–Trinajstić information content (AvgIpc) is 2.87. The van der Waals surface area contributed by atoms with Gasteiger partial charge in [0.2, 0.25) is 0 Å². The smallest absolute Gasteiger partial charge is 0.410 e. The molecule has 0 aromatic carbocycles. The summed E-state index contributed by atoms with van der Waals surface area (Å²) in [6.07, 6.45) is 3.47. The van der Waals surface area contributed by atoms with E-state index in [0.29, 0.717) is 12.5 Å². The Morgan fingerprint density at radius 1 is 1.24 bits per heavy atom. The molecule has 4 fully saturated rings. The topological polar surface area (TPSA) is 67.9 Å². The Kier molecular flexibility index (Phi) is 3.50. The largest absolute Gasteiger partial charge is 0.446 e. The maximum atomic E-state index is 12.1. The predicted molar refractivity (Wildman–Crippen MR) is 75.9 cm³/mol. The molecule has 2 saturated heterocycles. The van der Waals surface area contributed by atoms with Crippen LogP contribution in [0.25, 0.3) is 0 Å². The highest BCUT2D eigenvalue weighted by Crippen LogP contribution is 2.41. The van der Waals surface area contributed by atoms with Crippen LogP contribution in [0.15, 0.2) is 0 Å². The van der Waals surface area contributed by atoms with E-state index in [4.69, 9.17) is 9.47 Å². The molecular weight excluding hydrogens is 272 g/mol. The van der Waals surface area contributed by atoms with Gasteiger partial charge in [-0.3, -0.25) is 0 Å². The average molecular weight is 296 g/mol. The van der Waals surface area contributed by atoms with E-state index in [-0.39, 0.29) is 30.4 Å². The van der Waals surface area contributed by atoms with Gasteiger partial charge >= 0.3 is 12.2 Å². The molecule has 6 heteroatoms. The molecule has 0 aromatic heterocycles. The van der Waals surface area contributed by atoms with Gasteiger partial charge in [-0.1, -0.05) is 0 Å². The van der Waals surface area contributed by atoms with Crippen LogP contribution >= 0.6 is 0 Å². The van der Waals surface area contributed by atoms with Crippen LogP contribution in [0, 0.1) is 5.92 Å². The van der Waals surface area contributed by atoms with Crippen molar-refractivity contribution in [1.29, 1.82) is 0 Å². The summed E-state index contributed by atoms with van der Waals surface area (Å²) in [7, 11) is 0. The molecule has 2 heterocycles. The summed E-state index contributed by atoms with van der Waals surface area (Å²) in [4.78, 5) is 25.7. The maximum Gasteiger partial charge on any atom is 0.410 e. The van der Waals surface area contributed by atoms with Gasteiger partial charge in [0.05, 0.1) is 12.1 Å². The Balaban J connectivity index is 1.49. The first kappa shape index (κ1) is 14.5. The summed E-state index contributed by atoms with van der Waals surface area (Å²) in [5, 5.41) is 2.91. The molecule has 21 heavy (non-hydrogen) atoms. The number of alkyl carbamates (subject to hydrolysis) is 1. The molecule has 2 aliphatic heterocycles. The van der Waals surface area contributed by atoms with Gasteiger partial charge in [-0.05, 0) is 46.5 Å². The summed E-state index contributed by atoms with van der Waals surface area (Å²) in [5.74, 6) is 0.330. The number of nitrogens with zero attached hydrogens (tertiary/aromatic N) is 1. The minimum Gasteiger partial charge on any atom is -0.446 e. The highest BCUT2D eigenvalue weighted by Gasteiger charge is 2.55. The van der Waals surface area contributed by atoms with E-state index in [1.54, 1.807) is 4.90 Å². The second kappa shape index (κ2) is 5.07. The zero-order valence-corrected chi connectivity index (χ0v) is 12.9. The molecule has 0 spiro atoms. The van der Waals surface area contributed by atoms with E-state index in [2.05, 4.69) is 5.32 Å². The molecule has 4 aliphatic rings. The van der Waals surface area contributed by atoms with Gasteiger partial charge in [-0.25, -0.2) is 9.59 Å². The van der Waals surface area contributed by atoms with Crippen molar-refractivity contribution in [3.05, 3.63) is 0 Å². The van der Waals surface area contributed by atoms with Gasteiger partial charge in [0, 0.05) is 12.5 Å². The van der Waals surface area contributed by atoms with Gasteiger partial charge in [-0.15, -0.1) is 0 Å². The number of rotatable bonds is 2. The van der Waals surface area contributed by atoms with Gasteiger partial charge in [0.1, 0.15) is 11.7 Å². The molecule has 0 radical (unpaired) electrons. The molecule has 2 aliphatic carbocycles. The molecule has 3 atom stereocenters. The number of carbonyl (C=O) groups excluding carboxylic acids is 2. The Morgan fingerprint density at radius 2 is 1.95 bits per heavy atom. The third-order valence-corrected chi connectivity index (χ3v) is 4.54. The van der Waals surface area contributed by atoms with Crippen molar-refractivity contribution in [1.82, 2.24) is 10.2 Å². The zero-order chi connectivity index (χ0) is 15.2. The quantitative estimate of drug-likeness (QED) is 0.849. The first-order chi connectivity index (χ1) is 9.83. The van der Waals surface area contributed by atoms with Crippen LogP contribution in [0.5, 0.6) is 0 Å². The fourth-order valence-electron chi connectivity index (χ4n) is 3.17. The lowest BCUT2D eigenvalue weighted by Gasteiger charge is -2.37. The standard InChI is InChI=1S/C15H24N2O4/c1-15(2,3)21-14(19)17-8-9-7-11(17)12(9)16-13(18)20-10-5-4-6-10/h9-12H,4-8H2,1-3H3,(H,16,18)/t9-,11+,12+/m1/s1. The van der Waals surface area contributed by atoms with Crippen LogP contribution in [-0.4, -0.2) is 47.4 Å². The Labute approximate surface area is 125 Å². The van der Waals surface area contributed by atoms with E-state index >= 15 is 0 Å². The third-order valence-electron chi connectivity index (χ3n) is 4.54. The Hall–Kier alpha value is -1.46. The summed E-state index contributed by atoms with van der Waals surface area (Å²) in [5.41, 5.74) is -0.490. The van der Waals surface area contributed by atoms with Crippen LogP contribution < -0.4 is 5.32 Å². The van der Waals surface area contributed by atoms with Gasteiger partial charge < -0.3 is 19.7 Å². The number of fused-ring (bicyclic) bond motifs is 1. The lowest BCUT2D eigenvalue weighted by molar-refractivity contribution is 0.0197. The van der Waals surface area contributed by atoms with E-state index < -0.39 is 5.60 Å². The van der Waals surface area contributed by atoms with Crippen LogP contribution in [-0.2, 0) is 9.47 Å². The minimum absolute atomic E-state index is 0.0186. The highest BCUT2D eigenvalue weighted by atomic mass is 16.6. The monoisotopic (exact) mass is 296 g/mol. The maximum absolute atomic E-state index is 12.1. The van der Waals surface area contributed by atoms with Crippen molar-refractivity contribution in [3.8, 4) is 0 Å². The summed E-state index contributed by atoms with van der Waals surface area (Å²) in [6, 6.07) is 0.0730. The molecule has 4 rings (SSSR count). The van der Waals surface area contributed by atoms with Crippen molar-refractivity contribution >= 4 is 12.2 Å². The fourth-order valence-corrected chi connectivity index (χ4v) is 3.17. The Bertz CT molecular complexity index is 441. The molecule has 118 valence electrons. The fraction of sp³-hybridized carbons (Fsp3) is 0.867. The van der Waals surface area contributed by atoms with Crippen molar-refractivity contribution in [2.45, 2.75) is 70.2 Å². The molecule has 2 amide bonds. The zero-order valence-electron chi connectivity index (χ0n) is 12.9. The summed E-state index contributed by atoms with van der Waals surface area (Å²) in [6.45, 7) is 6.24. The van der Waals surface area contributed by atoms with Crippen LogP contribution in [0.4, 0.5) is 9.59 Å². The first-order valence-corrected chi connectivity index (χ1v) is 7.80. The van der Waals surface area contributed by atoms with Crippen LogP contribution in [0.3, 0.4) is 0 Å². The van der Waals surface area contributed by atoms with Crippen molar-refractivity contribution in [2.75, 3.05) is 6.54 Å². The molecule has 0 aromatic rings. The number of ether oxygens (including phenoxy) is 2. The Morgan fingerprint density at radius 3 is 2.52 bits per heavy atom. The minimum atomic E-state index is -0.490. The molecule has 1 N–H and O–H groups in total. The number of amides is 2. The second-order valence-electron chi connectivity index (χ2n) is 7.32. The molecule has 0 unspecified atom stereocenters. The first-order valence-electron chi connectivity index (χ1n) is 7.80. The van der Waals surface area contributed by atoms with Gasteiger partial charge in [0.15, 0.2) is 0 Å². The normalized spacial score (nSPS) is 31.2. The van der Waals surface area contributed by atoms with E-state index in [1.807, 2.05) is 20.8 Å². The molecule has 2 bridgehead atoms. The van der Waals surface area contributed by atoms with E-state index in [1.165, 1.54) is 0 Å². The van der Waals surface area contributed by atoms with Gasteiger partial charge in [0.25, 0.3) is 0 Å².